The van der Waals surface area contributed by atoms with Crippen molar-refractivity contribution in [3.8, 4) is 0 Å². The van der Waals surface area contributed by atoms with Gasteiger partial charge in [-0.2, -0.15) is 0 Å². The first kappa shape index (κ1) is 15.3. The van der Waals surface area contributed by atoms with Crippen LogP contribution >= 0.6 is 0 Å². The van der Waals surface area contributed by atoms with E-state index >= 15 is 0 Å². The van der Waals surface area contributed by atoms with Crippen molar-refractivity contribution >= 4 is 17.7 Å². The first-order valence-corrected chi connectivity index (χ1v) is 8.42. The average molecular weight is 304 g/mol. The first-order chi connectivity index (χ1) is 10.6. The fourth-order valence-electron chi connectivity index (χ4n) is 4.18. The number of fused-ring (bicyclic) bond motifs is 2. The van der Waals surface area contributed by atoms with Crippen LogP contribution < -0.4 is 0 Å². The van der Waals surface area contributed by atoms with Gasteiger partial charge in [-0.15, -0.1) is 0 Å². The molecule has 5 heteroatoms. The number of imide groups is 1. The second-order valence-electron chi connectivity index (χ2n) is 6.74. The molecular weight excluding hydrogens is 280 g/mol. The molecule has 3 rings (SSSR count). The summed E-state index contributed by atoms with van der Waals surface area (Å²) in [6.07, 6.45) is 9.35. The number of piperidine rings is 1. The Kier molecular flexibility index (Phi) is 4.32. The molecule has 3 atom stereocenters. The van der Waals surface area contributed by atoms with Gasteiger partial charge >= 0.3 is 0 Å². The van der Waals surface area contributed by atoms with E-state index in [-0.39, 0.29) is 17.7 Å². The monoisotopic (exact) mass is 304 g/mol. The van der Waals surface area contributed by atoms with Gasteiger partial charge in [-0.25, -0.2) is 0 Å². The molecule has 0 radical (unpaired) electrons. The van der Waals surface area contributed by atoms with E-state index in [1.807, 2.05) is 0 Å². The maximum absolute atomic E-state index is 12.4. The molecule has 3 unspecified atom stereocenters. The fourth-order valence-corrected chi connectivity index (χ4v) is 4.18. The zero-order valence-corrected chi connectivity index (χ0v) is 13.2. The molecule has 1 saturated carbocycles. The molecule has 2 aliphatic heterocycles. The van der Waals surface area contributed by atoms with E-state index in [4.69, 9.17) is 0 Å². The smallest absolute Gasteiger partial charge is 0.253 e. The van der Waals surface area contributed by atoms with Crippen molar-refractivity contribution in [1.29, 1.82) is 0 Å². The number of unbranched alkanes of at least 4 members (excludes halogenated alkanes) is 2. The molecule has 0 aromatic carbocycles. The van der Waals surface area contributed by atoms with Crippen LogP contribution in [0.3, 0.4) is 0 Å². The standard InChI is InChI=1S/C17H24N2O3/c1-12-13-6-7-14(11-13)19(12)17(22)5-3-2-4-10-18-15(20)8-9-16(18)21/h8-9,12-14H,2-7,10-11H2,1H3. The molecule has 5 nitrogen and oxygen atoms in total. The Morgan fingerprint density at radius 3 is 2.50 bits per heavy atom. The van der Waals surface area contributed by atoms with Gasteiger partial charge in [-0.3, -0.25) is 19.3 Å². The van der Waals surface area contributed by atoms with Crippen LogP contribution in [0, 0.1) is 5.92 Å². The molecule has 0 spiro atoms. The lowest BCUT2D eigenvalue weighted by Gasteiger charge is -2.33. The zero-order chi connectivity index (χ0) is 15.7. The molecule has 0 aromatic rings. The van der Waals surface area contributed by atoms with E-state index in [9.17, 15) is 14.4 Å². The van der Waals surface area contributed by atoms with E-state index in [0.29, 0.717) is 31.0 Å². The highest BCUT2D eigenvalue weighted by Crippen LogP contribution is 2.42. The van der Waals surface area contributed by atoms with E-state index in [1.54, 1.807) is 0 Å². The van der Waals surface area contributed by atoms with Crippen LogP contribution in [-0.2, 0) is 14.4 Å². The molecule has 2 bridgehead atoms. The number of nitrogens with zero attached hydrogens (tertiary/aromatic N) is 2. The molecule has 3 aliphatic rings. The topological polar surface area (TPSA) is 57.7 Å². The minimum absolute atomic E-state index is 0.219. The SMILES string of the molecule is CC1C2CCC(C2)N1C(=O)CCCCCN1C(=O)C=CC1=O. The number of carbonyl (C=O) groups excluding carboxylic acids is 3. The van der Waals surface area contributed by atoms with Crippen LogP contribution in [0.15, 0.2) is 12.2 Å². The van der Waals surface area contributed by atoms with Crippen molar-refractivity contribution in [2.45, 2.75) is 64.0 Å². The molecule has 1 saturated heterocycles. The summed E-state index contributed by atoms with van der Waals surface area (Å²) in [5, 5.41) is 0. The van der Waals surface area contributed by atoms with Crippen LogP contribution in [0.1, 0.15) is 51.9 Å². The van der Waals surface area contributed by atoms with Gasteiger partial charge < -0.3 is 4.90 Å². The summed E-state index contributed by atoms with van der Waals surface area (Å²) in [6, 6.07) is 0.899. The summed E-state index contributed by atoms with van der Waals surface area (Å²) < 4.78 is 0. The van der Waals surface area contributed by atoms with Gasteiger partial charge in [0.05, 0.1) is 0 Å². The average Bonchev–Trinajstić information content (AvgIpc) is 3.16. The predicted octanol–water partition coefficient (Wildman–Crippen LogP) is 1.87. The van der Waals surface area contributed by atoms with Crippen molar-refractivity contribution < 1.29 is 14.4 Å². The lowest BCUT2D eigenvalue weighted by Crippen LogP contribution is -2.43. The number of rotatable bonds is 6. The minimum Gasteiger partial charge on any atom is -0.337 e. The second-order valence-corrected chi connectivity index (χ2v) is 6.74. The Bertz CT molecular complexity index is 494. The normalized spacial score (nSPS) is 30.0. The van der Waals surface area contributed by atoms with Crippen LogP contribution in [0.5, 0.6) is 0 Å². The summed E-state index contributed by atoms with van der Waals surface area (Å²) in [5.74, 6) is 0.564. The lowest BCUT2D eigenvalue weighted by molar-refractivity contribution is -0.137. The van der Waals surface area contributed by atoms with Gasteiger partial charge in [-0.1, -0.05) is 6.42 Å². The molecule has 2 fully saturated rings. The molecule has 2 heterocycles. The van der Waals surface area contributed by atoms with Gasteiger partial charge in [0.25, 0.3) is 11.8 Å². The maximum Gasteiger partial charge on any atom is 0.253 e. The third kappa shape index (κ3) is 2.81. The largest absolute Gasteiger partial charge is 0.337 e. The van der Waals surface area contributed by atoms with Crippen molar-refractivity contribution in [1.82, 2.24) is 9.80 Å². The molecule has 0 N–H and O–H groups in total. The van der Waals surface area contributed by atoms with E-state index in [0.717, 1.165) is 19.3 Å². The number of hydrogen-bond acceptors (Lipinski definition) is 3. The van der Waals surface area contributed by atoms with Crippen molar-refractivity contribution in [3.05, 3.63) is 12.2 Å². The van der Waals surface area contributed by atoms with E-state index < -0.39 is 0 Å². The molecular formula is C17H24N2O3. The predicted molar refractivity (Wildman–Crippen MR) is 81.8 cm³/mol. The quantitative estimate of drug-likeness (QED) is 0.556. The second kappa shape index (κ2) is 6.23. The highest BCUT2D eigenvalue weighted by atomic mass is 16.2. The Morgan fingerprint density at radius 1 is 1.14 bits per heavy atom. The Labute approximate surface area is 131 Å². The molecule has 1 aliphatic carbocycles. The Balaban J connectivity index is 1.34. The maximum atomic E-state index is 12.4. The molecule has 120 valence electrons. The summed E-state index contributed by atoms with van der Waals surface area (Å²) in [6.45, 7) is 2.64. The van der Waals surface area contributed by atoms with Crippen molar-refractivity contribution in [2.75, 3.05) is 6.54 Å². The molecule has 3 amide bonds. The Morgan fingerprint density at radius 2 is 1.86 bits per heavy atom. The van der Waals surface area contributed by atoms with E-state index in [1.165, 1.54) is 36.3 Å². The fraction of sp³-hybridized carbons (Fsp3) is 0.706. The van der Waals surface area contributed by atoms with Crippen molar-refractivity contribution in [3.63, 3.8) is 0 Å². The number of carbonyl (C=O) groups is 3. The van der Waals surface area contributed by atoms with Gasteiger partial charge in [-0.05, 0) is 44.9 Å². The van der Waals surface area contributed by atoms with Gasteiger partial charge in [0.1, 0.15) is 0 Å². The number of hydrogen-bond donors (Lipinski definition) is 0. The summed E-state index contributed by atoms with van der Waals surface area (Å²) in [7, 11) is 0. The van der Waals surface area contributed by atoms with Crippen LogP contribution in [0.4, 0.5) is 0 Å². The highest BCUT2D eigenvalue weighted by Gasteiger charge is 2.45. The number of likely N-dealkylation sites (tertiary alicyclic amines) is 1. The zero-order valence-electron chi connectivity index (χ0n) is 13.2. The first-order valence-electron chi connectivity index (χ1n) is 8.42. The molecule has 22 heavy (non-hydrogen) atoms. The Hall–Kier alpha value is -1.65. The summed E-state index contributed by atoms with van der Waals surface area (Å²) in [4.78, 5) is 38.5. The number of amides is 3. The third-order valence-electron chi connectivity index (χ3n) is 5.42. The third-order valence-corrected chi connectivity index (χ3v) is 5.42. The van der Waals surface area contributed by atoms with Crippen LogP contribution in [-0.4, -0.2) is 46.1 Å². The lowest BCUT2D eigenvalue weighted by atomic mass is 10.00. The van der Waals surface area contributed by atoms with Crippen LogP contribution in [0.2, 0.25) is 0 Å². The molecule has 0 aromatic heterocycles. The van der Waals surface area contributed by atoms with Gasteiger partial charge in [0, 0.05) is 37.2 Å². The van der Waals surface area contributed by atoms with Gasteiger partial charge in [0.2, 0.25) is 5.91 Å². The van der Waals surface area contributed by atoms with Crippen LogP contribution in [0.25, 0.3) is 0 Å². The van der Waals surface area contributed by atoms with Crippen molar-refractivity contribution in [2.24, 2.45) is 5.92 Å². The van der Waals surface area contributed by atoms with E-state index in [2.05, 4.69) is 11.8 Å². The highest BCUT2D eigenvalue weighted by molar-refractivity contribution is 6.12. The summed E-state index contributed by atoms with van der Waals surface area (Å²) >= 11 is 0. The minimum atomic E-state index is -0.219. The van der Waals surface area contributed by atoms with Gasteiger partial charge in [0.15, 0.2) is 0 Å². The summed E-state index contributed by atoms with van der Waals surface area (Å²) in [5.41, 5.74) is 0.